The Labute approximate surface area is 74.8 Å². The van der Waals surface area contributed by atoms with Crippen LogP contribution in [0.3, 0.4) is 0 Å². The molecule has 0 aliphatic carbocycles. The van der Waals surface area contributed by atoms with E-state index in [-0.39, 0.29) is 5.82 Å². The Morgan fingerprint density at radius 3 is 2.00 bits per heavy atom. The molecule has 0 aliphatic rings. The van der Waals surface area contributed by atoms with Crippen molar-refractivity contribution in [2.24, 2.45) is 14.1 Å². The van der Waals surface area contributed by atoms with Crippen LogP contribution in [0.4, 0.5) is 4.39 Å². The lowest BCUT2D eigenvalue weighted by molar-refractivity contribution is -0.751. The lowest BCUT2D eigenvalue weighted by Crippen LogP contribution is -2.35. The molecule has 0 amide bonds. The van der Waals surface area contributed by atoms with Crippen LogP contribution in [0.5, 0.6) is 0 Å². The molecule has 0 spiro atoms. The van der Waals surface area contributed by atoms with Gasteiger partial charge in [0, 0.05) is 0 Å². The molecule has 0 bridgehead atoms. The minimum Gasteiger partial charge on any atom is -0.264 e. The highest BCUT2D eigenvalue weighted by Gasteiger charge is 2.01. The molecule has 13 heavy (non-hydrogen) atoms. The molecule has 76 valence electrons. The maximum Gasteiger partial charge on any atom is 0.394 e. The summed E-state index contributed by atoms with van der Waals surface area (Å²) in [5.41, 5.74) is 0. The number of hydrogen-bond donors (Lipinski definition) is 2. The zero-order valence-electron chi connectivity index (χ0n) is 7.05. The highest BCUT2D eigenvalue weighted by Crippen LogP contribution is 1.86. The number of aryl methyl sites for hydroxylation is 2. The summed E-state index contributed by atoms with van der Waals surface area (Å²) >= 11 is 0. The van der Waals surface area contributed by atoms with Gasteiger partial charge in [-0.3, -0.25) is 9.11 Å². The third-order valence-electron chi connectivity index (χ3n) is 1.12. The van der Waals surface area contributed by atoms with Crippen LogP contribution >= 0.6 is 0 Å². The second-order valence-electron chi connectivity index (χ2n) is 2.24. The van der Waals surface area contributed by atoms with Crippen molar-refractivity contribution in [2.75, 3.05) is 0 Å². The summed E-state index contributed by atoms with van der Waals surface area (Å²) in [4.78, 5) is 0. The summed E-state index contributed by atoms with van der Waals surface area (Å²) in [6, 6.07) is 0. The summed E-state index contributed by atoms with van der Waals surface area (Å²) < 4.78 is 47.1. The average Bonchev–Trinajstić information content (AvgIpc) is 2.05. The first-order valence-electron chi connectivity index (χ1n) is 3.08. The van der Waals surface area contributed by atoms with E-state index in [4.69, 9.17) is 17.5 Å². The van der Waals surface area contributed by atoms with Gasteiger partial charge in [0.15, 0.2) is 7.05 Å². The molecule has 0 saturated heterocycles. The molecule has 1 aromatic heterocycles. The second kappa shape index (κ2) is 4.30. The van der Waals surface area contributed by atoms with Gasteiger partial charge in [-0.2, -0.15) is 17.5 Å². The van der Waals surface area contributed by atoms with Crippen LogP contribution in [0.15, 0.2) is 12.4 Å². The van der Waals surface area contributed by atoms with E-state index in [2.05, 4.69) is 0 Å². The van der Waals surface area contributed by atoms with Crippen LogP contribution in [0.25, 0.3) is 0 Å². The number of hydrogen-bond acceptors (Lipinski definition) is 2. The van der Waals surface area contributed by atoms with E-state index < -0.39 is 10.4 Å². The van der Waals surface area contributed by atoms with Gasteiger partial charge in [0.2, 0.25) is 12.0 Å². The van der Waals surface area contributed by atoms with Crippen molar-refractivity contribution >= 4 is 10.4 Å². The molecule has 1 heterocycles. The monoisotopic (exact) mass is 213 g/mol. The van der Waals surface area contributed by atoms with Crippen molar-refractivity contribution in [1.29, 1.82) is 0 Å². The highest BCUT2D eigenvalue weighted by atomic mass is 32.3. The zero-order valence-corrected chi connectivity index (χ0v) is 7.86. The van der Waals surface area contributed by atoms with Crippen molar-refractivity contribution in [3.8, 4) is 0 Å². The minimum atomic E-state index is -4.67. The Balaban J connectivity index is 0.000000252. The molecule has 1 rings (SSSR count). The SMILES string of the molecule is Cn1cc(F)c[n+]1C.O=S(=O)(O)O. The normalized spacial score (nSPS) is 10.5. The van der Waals surface area contributed by atoms with Crippen molar-refractivity contribution in [1.82, 2.24) is 4.68 Å². The van der Waals surface area contributed by atoms with Crippen molar-refractivity contribution in [3.05, 3.63) is 18.2 Å². The maximum absolute atomic E-state index is 12.1. The summed E-state index contributed by atoms with van der Waals surface area (Å²) in [5.74, 6) is -0.199. The fourth-order valence-corrected chi connectivity index (χ4v) is 0.572. The van der Waals surface area contributed by atoms with Gasteiger partial charge in [0.1, 0.15) is 6.20 Å². The van der Waals surface area contributed by atoms with Gasteiger partial charge >= 0.3 is 10.4 Å². The maximum atomic E-state index is 12.1. The Bertz CT molecular complexity index is 344. The molecule has 8 heteroatoms. The van der Waals surface area contributed by atoms with E-state index in [0.29, 0.717) is 0 Å². The molecule has 0 fully saturated rings. The van der Waals surface area contributed by atoms with Crippen LogP contribution in [-0.2, 0) is 24.5 Å². The third-order valence-corrected chi connectivity index (χ3v) is 1.12. The standard InChI is InChI=1S/C5H8FN2.H2O4S/c1-7-3-5(6)4-8(7)2;1-5(2,3)4/h3-4H,1-2H3;(H2,1,2,3,4)/q+1;. The Kier molecular flexibility index (Phi) is 3.98. The lowest BCUT2D eigenvalue weighted by atomic mass is 10.7. The van der Waals surface area contributed by atoms with Crippen molar-refractivity contribution in [2.45, 2.75) is 0 Å². The van der Waals surface area contributed by atoms with E-state index in [1.807, 2.05) is 0 Å². The highest BCUT2D eigenvalue weighted by molar-refractivity contribution is 7.79. The van der Waals surface area contributed by atoms with Gasteiger partial charge in [0.05, 0.1) is 7.05 Å². The molecule has 0 aromatic carbocycles. The van der Waals surface area contributed by atoms with Gasteiger partial charge < -0.3 is 0 Å². The van der Waals surface area contributed by atoms with Crippen LogP contribution in [0.2, 0.25) is 0 Å². The second-order valence-corrected chi connectivity index (χ2v) is 3.13. The first-order chi connectivity index (χ1) is 5.70. The van der Waals surface area contributed by atoms with Crippen LogP contribution in [0.1, 0.15) is 0 Å². The van der Waals surface area contributed by atoms with Crippen LogP contribution in [0, 0.1) is 5.82 Å². The number of nitrogens with zero attached hydrogens (tertiary/aromatic N) is 2. The first-order valence-corrected chi connectivity index (χ1v) is 4.47. The largest absolute Gasteiger partial charge is 0.394 e. The lowest BCUT2D eigenvalue weighted by Gasteiger charge is -1.81. The Morgan fingerprint density at radius 1 is 1.54 bits per heavy atom. The molecule has 2 N–H and O–H groups in total. The van der Waals surface area contributed by atoms with Gasteiger partial charge in [-0.15, -0.1) is 4.68 Å². The molecule has 0 saturated carbocycles. The molecule has 0 atom stereocenters. The number of aromatic nitrogens is 2. The van der Waals surface area contributed by atoms with Gasteiger partial charge in [-0.25, -0.2) is 0 Å². The zero-order chi connectivity index (χ0) is 10.6. The predicted molar refractivity (Wildman–Crippen MR) is 40.7 cm³/mol. The Morgan fingerprint density at radius 2 is 1.92 bits per heavy atom. The van der Waals surface area contributed by atoms with Crippen LogP contribution < -0.4 is 4.68 Å². The molecule has 0 radical (unpaired) electrons. The molecule has 0 aliphatic heterocycles. The topological polar surface area (TPSA) is 83.4 Å². The summed E-state index contributed by atoms with van der Waals surface area (Å²) in [5, 5.41) is 0. The van der Waals surface area contributed by atoms with Crippen molar-refractivity contribution in [3.63, 3.8) is 0 Å². The average molecular weight is 213 g/mol. The van der Waals surface area contributed by atoms with Gasteiger partial charge in [0.25, 0.3) is 0 Å². The van der Waals surface area contributed by atoms with Crippen molar-refractivity contribution < 1.29 is 26.6 Å². The predicted octanol–water partition coefficient (Wildman–Crippen LogP) is -0.664. The number of halogens is 1. The molecular formula is C5H10FN2O4S+. The first kappa shape index (κ1) is 12.0. The van der Waals surface area contributed by atoms with E-state index in [1.165, 1.54) is 12.4 Å². The molecule has 1 aromatic rings. The van der Waals surface area contributed by atoms with E-state index >= 15 is 0 Å². The van der Waals surface area contributed by atoms with Crippen LogP contribution in [-0.4, -0.2) is 22.2 Å². The Hall–Kier alpha value is -0.990. The van der Waals surface area contributed by atoms with E-state index in [1.54, 1.807) is 23.5 Å². The van der Waals surface area contributed by atoms with Gasteiger partial charge in [-0.05, 0) is 0 Å². The summed E-state index contributed by atoms with van der Waals surface area (Å²) in [6.45, 7) is 0. The summed E-state index contributed by atoms with van der Waals surface area (Å²) in [7, 11) is -1.10. The van der Waals surface area contributed by atoms with Gasteiger partial charge in [-0.1, -0.05) is 0 Å². The number of rotatable bonds is 0. The smallest absolute Gasteiger partial charge is 0.264 e. The molecular weight excluding hydrogens is 203 g/mol. The third kappa shape index (κ3) is 7.37. The quantitative estimate of drug-likeness (QED) is 0.442. The summed E-state index contributed by atoms with van der Waals surface area (Å²) in [6.07, 6.45) is 2.83. The fourth-order valence-electron chi connectivity index (χ4n) is 0.572. The van der Waals surface area contributed by atoms with E-state index in [9.17, 15) is 4.39 Å². The fraction of sp³-hybridized carbons (Fsp3) is 0.400. The molecule has 0 unspecified atom stereocenters. The minimum absolute atomic E-state index is 0.199. The molecule has 6 nitrogen and oxygen atoms in total. The van der Waals surface area contributed by atoms with E-state index in [0.717, 1.165) is 0 Å².